The SMILES string of the molecule is CCOc1cc(C=C2C=C(c3ccc(F)cc3)OC2=O)ccc1OCc1ccc([N+](=O)[O-])cc1. The van der Waals surface area contributed by atoms with Crippen LogP contribution in [-0.2, 0) is 16.1 Å². The number of nitro benzene ring substituents is 1. The van der Waals surface area contributed by atoms with Crippen molar-refractivity contribution in [3.05, 3.63) is 111 Å². The van der Waals surface area contributed by atoms with Crippen LogP contribution in [0.5, 0.6) is 11.5 Å². The van der Waals surface area contributed by atoms with Crippen LogP contribution in [0.3, 0.4) is 0 Å². The zero-order valence-corrected chi connectivity index (χ0v) is 18.2. The summed E-state index contributed by atoms with van der Waals surface area (Å²) in [4.78, 5) is 22.7. The second-order valence-corrected chi connectivity index (χ2v) is 7.36. The standard InChI is InChI=1S/C26H20FNO6/c1-2-32-25-14-18(5-12-23(25)33-16-17-3-10-22(11-4-17)28(30)31)13-20-15-24(34-26(20)29)19-6-8-21(27)9-7-19/h3-15H,2,16H2,1H3. The van der Waals surface area contributed by atoms with Crippen LogP contribution in [0.1, 0.15) is 23.6 Å². The molecule has 1 heterocycles. The molecule has 1 aliphatic rings. The Bertz CT molecular complexity index is 1280. The van der Waals surface area contributed by atoms with E-state index in [0.29, 0.717) is 40.6 Å². The molecule has 0 fully saturated rings. The Balaban J connectivity index is 1.52. The van der Waals surface area contributed by atoms with Gasteiger partial charge in [-0.1, -0.05) is 6.07 Å². The number of hydrogen-bond acceptors (Lipinski definition) is 6. The molecule has 0 spiro atoms. The van der Waals surface area contributed by atoms with Crippen molar-refractivity contribution < 1.29 is 28.3 Å². The number of nitro groups is 1. The maximum absolute atomic E-state index is 13.2. The Kier molecular flexibility index (Phi) is 6.68. The topological polar surface area (TPSA) is 87.9 Å². The summed E-state index contributed by atoms with van der Waals surface area (Å²) in [5.41, 5.74) is 2.43. The third-order valence-electron chi connectivity index (χ3n) is 4.98. The first-order valence-electron chi connectivity index (χ1n) is 10.5. The number of ether oxygens (including phenoxy) is 3. The first-order chi connectivity index (χ1) is 16.4. The van der Waals surface area contributed by atoms with Gasteiger partial charge in [0.2, 0.25) is 0 Å². The third kappa shape index (κ3) is 5.29. The van der Waals surface area contributed by atoms with Gasteiger partial charge in [0.05, 0.1) is 17.1 Å². The number of non-ortho nitro benzene ring substituents is 1. The first kappa shape index (κ1) is 22.7. The van der Waals surface area contributed by atoms with E-state index in [1.54, 1.807) is 54.6 Å². The number of benzene rings is 3. The second kappa shape index (κ2) is 9.99. The molecule has 8 heteroatoms. The number of carbonyl (C=O) groups is 1. The van der Waals surface area contributed by atoms with E-state index in [2.05, 4.69) is 0 Å². The fourth-order valence-electron chi connectivity index (χ4n) is 3.30. The number of halogens is 1. The molecule has 4 rings (SSSR count). The highest BCUT2D eigenvalue weighted by molar-refractivity contribution is 6.05. The smallest absolute Gasteiger partial charge is 0.343 e. The van der Waals surface area contributed by atoms with Gasteiger partial charge in [-0.05, 0) is 78.7 Å². The predicted molar refractivity (Wildman–Crippen MR) is 123 cm³/mol. The molecule has 3 aromatic carbocycles. The molecule has 0 saturated carbocycles. The molecule has 0 radical (unpaired) electrons. The van der Waals surface area contributed by atoms with Crippen LogP contribution < -0.4 is 9.47 Å². The number of carbonyl (C=O) groups excluding carboxylic acids is 1. The molecule has 3 aromatic rings. The minimum absolute atomic E-state index is 0.0122. The highest BCUT2D eigenvalue weighted by atomic mass is 19.1. The van der Waals surface area contributed by atoms with Crippen molar-refractivity contribution in [2.75, 3.05) is 6.61 Å². The Morgan fingerprint density at radius 3 is 2.41 bits per heavy atom. The quantitative estimate of drug-likeness (QED) is 0.185. The van der Waals surface area contributed by atoms with Crippen molar-refractivity contribution in [1.29, 1.82) is 0 Å². The van der Waals surface area contributed by atoms with Crippen LogP contribution in [0.15, 0.2) is 78.4 Å². The summed E-state index contributed by atoms with van der Waals surface area (Å²) in [5, 5.41) is 10.8. The molecule has 0 amide bonds. The number of cyclic esters (lactones) is 1. The largest absolute Gasteiger partial charge is 0.490 e. The van der Waals surface area contributed by atoms with E-state index >= 15 is 0 Å². The van der Waals surface area contributed by atoms with Crippen LogP contribution in [0.4, 0.5) is 10.1 Å². The Hall–Kier alpha value is -4.46. The van der Waals surface area contributed by atoms with Crippen molar-refractivity contribution in [3.8, 4) is 11.5 Å². The molecule has 0 bridgehead atoms. The van der Waals surface area contributed by atoms with E-state index in [9.17, 15) is 19.3 Å². The van der Waals surface area contributed by atoms with Crippen LogP contribution in [0.2, 0.25) is 0 Å². The number of rotatable bonds is 8. The number of esters is 1. The minimum Gasteiger partial charge on any atom is -0.490 e. The van der Waals surface area contributed by atoms with Gasteiger partial charge in [0.25, 0.3) is 5.69 Å². The third-order valence-corrected chi connectivity index (χ3v) is 4.98. The molecule has 1 aliphatic heterocycles. The van der Waals surface area contributed by atoms with Gasteiger partial charge in [0.15, 0.2) is 11.5 Å². The van der Waals surface area contributed by atoms with Gasteiger partial charge in [-0.2, -0.15) is 0 Å². The van der Waals surface area contributed by atoms with Gasteiger partial charge < -0.3 is 14.2 Å². The fourth-order valence-corrected chi connectivity index (χ4v) is 3.30. The van der Waals surface area contributed by atoms with Crippen LogP contribution in [-0.4, -0.2) is 17.5 Å². The summed E-state index contributed by atoms with van der Waals surface area (Å²) in [6.45, 7) is 2.45. The summed E-state index contributed by atoms with van der Waals surface area (Å²) >= 11 is 0. The van der Waals surface area contributed by atoms with Gasteiger partial charge in [0, 0.05) is 17.7 Å². The molecule has 0 N–H and O–H groups in total. The van der Waals surface area contributed by atoms with E-state index < -0.39 is 10.9 Å². The average molecular weight is 461 g/mol. The van der Waals surface area contributed by atoms with E-state index in [-0.39, 0.29) is 18.1 Å². The molecule has 34 heavy (non-hydrogen) atoms. The fraction of sp³-hybridized carbons (Fsp3) is 0.115. The van der Waals surface area contributed by atoms with Crippen molar-refractivity contribution in [3.63, 3.8) is 0 Å². The van der Waals surface area contributed by atoms with Crippen molar-refractivity contribution >= 4 is 23.5 Å². The van der Waals surface area contributed by atoms with Crippen molar-refractivity contribution in [2.45, 2.75) is 13.5 Å². The lowest BCUT2D eigenvalue weighted by Gasteiger charge is -2.13. The molecule has 0 aromatic heterocycles. The van der Waals surface area contributed by atoms with Gasteiger partial charge in [-0.25, -0.2) is 9.18 Å². The number of nitrogens with zero attached hydrogens (tertiary/aromatic N) is 1. The van der Waals surface area contributed by atoms with E-state index in [4.69, 9.17) is 14.2 Å². The van der Waals surface area contributed by atoms with Crippen molar-refractivity contribution in [1.82, 2.24) is 0 Å². The Morgan fingerprint density at radius 2 is 1.74 bits per heavy atom. The maximum atomic E-state index is 13.2. The van der Waals surface area contributed by atoms with E-state index in [1.165, 1.54) is 24.3 Å². The summed E-state index contributed by atoms with van der Waals surface area (Å²) < 4.78 is 30.0. The van der Waals surface area contributed by atoms with Crippen LogP contribution in [0, 0.1) is 15.9 Å². The molecule has 0 unspecified atom stereocenters. The van der Waals surface area contributed by atoms with Gasteiger partial charge in [0.1, 0.15) is 18.2 Å². The summed E-state index contributed by atoms with van der Waals surface area (Å²) in [5.74, 6) is 0.468. The molecular weight excluding hydrogens is 441 g/mol. The minimum atomic E-state index is -0.504. The van der Waals surface area contributed by atoms with E-state index in [0.717, 1.165) is 5.56 Å². The van der Waals surface area contributed by atoms with Gasteiger partial charge in [-0.15, -0.1) is 0 Å². The average Bonchev–Trinajstić information content (AvgIpc) is 3.19. The Labute approximate surface area is 194 Å². The normalized spacial score (nSPS) is 14.0. The second-order valence-electron chi connectivity index (χ2n) is 7.36. The van der Waals surface area contributed by atoms with E-state index in [1.807, 2.05) is 6.92 Å². The molecule has 0 aliphatic carbocycles. The molecule has 0 saturated heterocycles. The van der Waals surface area contributed by atoms with Gasteiger partial charge >= 0.3 is 5.97 Å². The lowest BCUT2D eigenvalue weighted by atomic mass is 10.1. The van der Waals surface area contributed by atoms with Crippen molar-refractivity contribution in [2.24, 2.45) is 0 Å². The molecule has 172 valence electrons. The molecular formula is C26H20FNO6. The highest BCUT2D eigenvalue weighted by Crippen LogP contribution is 2.32. The Morgan fingerprint density at radius 1 is 1.00 bits per heavy atom. The van der Waals surface area contributed by atoms with Crippen LogP contribution >= 0.6 is 0 Å². The maximum Gasteiger partial charge on any atom is 0.343 e. The summed E-state index contributed by atoms with van der Waals surface area (Å²) in [7, 11) is 0. The van der Waals surface area contributed by atoms with Gasteiger partial charge in [-0.3, -0.25) is 10.1 Å². The lowest BCUT2D eigenvalue weighted by Crippen LogP contribution is -2.00. The molecule has 0 atom stereocenters. The number of hydrogen-bond donors (Lipinski definition) is 0. The lowest BCUT2D eigenvalue weighted by molar-refractivity contribution is -0.384. The predicted octanol–water partition coefficient (Wildman–Crippen LogP) is 5.69. The molecule has 7 nitrogen and oxygen atoms in total. The first-order valence-corrected chi connectivity index (χ1v) is 10.5. The van der Waals surface area contributed by atoms with Crippen LogP contribution in [0.25, 0.3) is 11.8 Å². The zero-order valence-electron chi connectivity index (χ0n) is 18.2. The zero-order chi connectivity index (χ0) is 24.1. The summed E-state index contributed by atoms with van der Waals surface area (Å²) in [6.07, 6.45) is 3.27. The monoisotopic (exact) mass is 461 g/mol. The highest BCUT2D eigenvalue weighted by Gasteiger charge is 2.22. The summed E-state index contributed by atoms with van der Waals surface area (Å²) in [6, 6.07) is 17.1.